The molecule has 0 radical (unpaired) electrons. The highest BCUT2D eigenvalue weighted by atomic mass is 127. The van der Waals surface area contributed by atoms with Crippen LogP contribution in [0.25, 0.3) is 0 Å². The Labute approximate surface area is 162 Å². The number of halogens is 1. The first-order valence-corrected chi connectivity index (χ1v) is 7.84. The number of rotatable bonds is 7. The Bertz CT molecular complexity index is 408. The standard InChI is InChI=1S/C15H31N5O3.HI/c1-11(2)20-12(21)7-8-17-13(16-6)18-9-10-19-14(22)23-15(3,4)5;/h11H,7-10H2,1-6H3,(H,19,22)(H,20,21)(H2,16,17,18);1H. The van der Waals surface area contributed by atoms with Crippen LogP contribution in [0.15, 0.2) is 4.99 Å². The highest BCUT2D eigenvalue weighted by Crippen LogP contribution is 2.05. The monoisotopic (exact) mass is 457 g/mol. The van der Waals surface area contributed by atoms with Gasteiger partial charge in [0.15, 0.2) is 5.96 Å². The second-order valence-corrected chi connectivity index (χ2v) is 6.33. The predicted molar refractivity (Wildman–Crippen MR) is 107 cm³/mol. The summed E-state index contributed by atoms with van der Waals surface area (Å²) in [5, 5.41) is 11.5. The van der Waals surface area contributed by atoms with E-state index in [0.717, 1.165) is 0 Å². The average Bonchev–Trinajstić information content (AvgIpc) is 2.38. The topological polar surface area (TPSA) is 104 Å². The summed E-state index contributed by atoms with van der Waals surface area (Å²) < 4.78 is 5.13. The minimum atomic E-state index is -0.508. The summed E-state index contributed by atoms with van der Waals surface area (Å²) in [6, 6.07) is 0.138. The van der Waals surface area contributed by atoms with Gasteiger partial charge in [-0.15, -0.1) is 24.0 Å². The molecule has 0 spiro atoms. The molecule has 0 fully saturated rings. The van der Waals surface area contributed by atoms with Crippen molar-refractivity contribution in [1.29, 1.82) is 0 Å². The molecule has 0 saturated heterocycles. The van der Waals surface area contributed by atoms with Gasteiger partial charge in [0.25, 0.3) is 0 Å². The van der Waals surface area contributed by atoms with Crippen molar-refractivity contribution in [1.82, 2.24) is 21.3 Å². The second-order valence-electron chi connectivity index (χ2n) is 6.33. The van der Waals surface area contributed by atoms with Gasteiger partial charge in [-0.25, -0.2) is 4.79 Å². The van der Waals surface area contributed by atoms with Gasteiger partial charge in [-0.1, -0.05) is 0 Å². The lowest BCUT2D eigenvalue weighted by Gasteiger charge is -2.20. The van der Waals surface area contributed by atoms with Gasteiger partial charge >= 0.3 is 6.09 Å². The maximum Gasteiger partial charge on any atom is 0.407 e. The zero-order chi connectivity index (χ0) is 17.9. The van der Waals surface area contributed by atoms with Crippen molar-refractivity contribution in [2.75, 3.05) is 26.7 Å². The second kappa shape index (κ2) is 13.1. The largest absolute Gasteiger partial charge is 0.444 e. The van der Waals surface area contributed by atoms with Crippen LogP contribution in [0, 0.1) is 0 Å². The number of amides is 2. The van der Waals surface area contributed by atoms with Gasteiger partial charge in [-0.05, 0) is 34.6 Å². The summed E-state index contributed by atoms with van der Waals surface area (Å²) in [5.41, 5.74) is -0.508. The van der Waals surface area contributed by atoms with Gasteiger partial charge in [-0.3, -0.25) is 9.79 Å². The van der Waals surface area contributed by atoms with E-state index >= 15 is 0 Å². The Balaban J connectivity index is 0. The van der Waals surface area contributed by atoms with E-state index in [1.54, 1.807) is 7.05 Å². The van der Waals surface area contributed by atoms with E-state index < -0.39 is 11.7 Å². The van der Waals surface area contributed by atoms with Crippen molar-refractivity contribution in [2.24, 2.45) is 4.99 Å². The molecule has 24 heavy (non-hydrogen) atoms. The maximum absolute atomic E-state index is 11.5. The number of ether oxygens (including phenoxy) is 1. The maximum atomic E-state index is 11.5. The third-order valence-electron chi connectivity index (χ3n) is 2.40. The Morgan fingerprint density at radius 3 is 2.08 bits per heavy atom. The molecule has 9 heteroatoms. The average molecular weight is 457 g/mol. The van der Waals surface area contributed by atoms with Crippen LogP contribution >= 0.6 is 24.0 Å². The third kappa shape index (κ3) is 15.6. The highest BCUT2D eigenvalue weighted by molar-refractivity contribution is 14.0. The van der Waals surface area contributed by atoms with Crippen LogP contribution in [-0.2, 0) is 9.53 Å². The van der Waals surface area contributed by atoms with Crippen molar-refractivity contribution in [3.63, 3.8) is 0 Å². The summed E-state index contributed by atoms with van der Waals surface area (Å²) in [6.07, 6.45) is -0.0812. The number of carbonyl (C=O) groups is 2. The quantitative estimate of drug-likeness (QED) is 0.199. The van der Waals surface area contributed by atoms with E-state index in [-0.39, 0.29) is 35.9 Å². The zero-order valence-electron chi connectivity index (χ0n) is 15.5. The number of hydrogen-bond acceptors (Lipinski definition) is 4. The van der Waals surface area contributed by atoms with Crippen molar-refractivity contribution in [3.05, 3.63) is 0 Å². The number of hydrogen-bond donors (Lipinski definition) is 4. The normalized spacial score (nSPS) is 11.4. The van der Waals surface area contributed by atoms with E-state index in [9.17, 15) is 9.59 Å². The van der Waals surface area contributed by atoms with Crippen molar-refractivity contribution in [3.8, 4) is 0 Å². The molecule has 0 bridgehead atoms. The van der Waals surface area contributed by atoms with Crippen molar-refractivity contribution < 1.29 is 14.3 Å². The molecule has 0 aromatic carbocycles. The fourth-order valence-corrected chi connectivity index (χ4v) is 1.57. The Kier molecular flexibility index (Phi) is 13.6. The number of guanidine groups is 1. The SMILES string of the molecule is CN=C(NCCNC(=O)OC(C)(C)C)NCCC(=O)NC(C)C.I. The van der Waals surface area contributed by atoms with E-state index in [1.165, 1.54) is 0 Å². The molecule has 0 heterocycles. The summed E-state index contributed by atoms with van der Waals surface area (Å²) in [4.78, 5) is 27.0. The first kappa shape index (κ1) is 25.0. The summed E-state index contributed by atoms with van der Waals surface area (Å²) >= 11 is 0. The highest BCUT2D eigenvalue weighted by Gasteiger charge is 2.15. The molecule has 0 aliphatic carbocycles. The number of alkyl carbamates (subject to hydrolysis) is 1. The zero-order valence-corrected chi connectivity index (χ0v) is 17.8. The molecule has 0 aliphatic heterocycles. The van der Waals surface area contributed by atoms with Gasteiger partial charge in [0.1, 0.15) is 5.60 Å². The summed E-state index contributed by atoms with van der Waals surface area (Å²) in [6.45, 7) is 10.7. The smallest absolute Gasteiger partial charge is 0.407 e. The van der Waals surface area contributed by atoms with Crippen LogP contribution in [0.1, 0.15) is 41.0 Å². The molecule has 4 N–H and O–H groups in total. The molecule has 8 nitrogen and oxygen atoms in total. The lowest BCUT2D eigenvalue weighted by molar-refractivity contribution is -0.121. The number of nitrogens with zero attached hydrogens (tertiary/aromatic N) is 1. The molecule has 0 aromatic rings. The van der Waals surface area contributed by atoms with Gasteiger partial charge < -0.3 is 26.0 Å². The van der Waals surface area contributed by atoms with E-state index in [1.807, 2.05) is 34.6 Å². The van der Waals surface area contributed by atoms with E-state index in [2.05, 4.69) is 26.3 Å². The molecular formula is C15H32IN5O3. The predicted octanol–water partition coefficient (Wildman–Crippen LogP) is 1.21. The molecule has 0 aliphatic rings. The lowest BCUT2D eigenvalue weighted by atomic mass is 10.2. The Morgan fingerprint density at radius 1 is 1.04 bits per heavy atom. The Morgan fingerprint density at radius 2 is 1.58 bits per heavy atom. The van der Waals surface area contributed by atoms with Crippen LogP contribution in [0.3, 0.4) is 0 Å². The van der Waals surface area contributed by atoms with Crippen LogP contribution in [0.4, 0.5) is 4.79 Å². The van der Waals surface area contributed by atoms with Gasteiger partial charge in [0.05, 0.1) is 0 Å². The minimum Gasteiger partial charge on any atom is -0.444 e. The molecule has 0 unspecified atom stereocenters. The molecule has 142 valence electrons. The fraction of sp³-hybridized carbons (Fsp3) is 0.800. The molecule has 0 rings (SSSR count). The first-order valence-electron chi connectivity index (χ1n) is 7.84. The molecule has 2 amide bonds. The Hall–Kier alpha value is -1.26. The third-order valence-corrected chi connectivity index (χ3v) is 2.40. The summed E-state index contributed by atoms with van der Waals surface area (Å²) in [5.74, 6) is 0.572. The number of carbonyl (C=O) groups excluding carboxylic acids is 2. The van der Waals surface area contributed by atoms with Crippen LogP contribution in [-0.4, -0.2) is 56.3 Å². The van der Waals surface area contributed by atoms with Crippen molar-refractivity contribution >= 4 is 41.9 Å². The number of aliphatic imine (C=N–C) groups is 1. The molecule has 0 atom stereocenters. The van der Waals surface area contributed by atoms with E-state index in [0.29, 0.717) is 32.0 Å². The molecular weight excluding hydrogens is 425 g/mol. The van der Waals surface area contributed by atoms with Gasteiger partial charge in [0, 0.05) is 39.1 Å². The van der Waals surface area contributed by atoms with Crippen LogP contribution in [0.2, 0.25) is 0 Å². The van der Waals surface area contributed by atoms with Gasteiger partial charge in [0.2, 0.25) is 5.91 Å². The van der Waals surface area contributed by atoms with Gasteiger partial charge in [-0.2, -0.15) is 0 Å². The van der Waals surface area contributed by atoms with Crippen molar-refractivity contribution in [2.45, 2.75) is 52.7 Å². The lowest BCUT2D eigenvalue weighted by Crippen LogP contribution is -2.43. The number of nitrogens with one attached hydrogen (secondary N) is 4. The minimum absolute atomic E-state index is 0. The summed E-state index contributed by atoms with van der Waals surface area (Å²) in [7, 11) is 1.64. The first-order chi connectivity index (χ1) is 10.6. The fourth-order valence-electron chi connectivity index (χ4n) is 1.57. The van der Waals surface area contributed by atoms with Crippen LogP contribution in [0.5, 0.6) is 0 Å². The van der Waals surface area contributed by atoms with E-state index in [4.69, 9.17) is 4.74 Å². The molecule has 0 saturated carbocycles. The molecule has 0 aromatic heterocycles. The van der Waals surface area contributed by atoms with Crippen LogP contribution < -0.4 is 21.3 Å².